The summed E-state index contributed by atoms with van der Waals surface area (Å²) in [5.41, 5.74) is 3.71. The third-order valence-electron chi connectivity index (χ3n) is 4.71. The van der Waals surface area contributed by atoms with E-state index in [4.69, 9.17) is 15.3 Å². The largest absolute Gasteiger partial charge is 0.497 e. The zero-order valence-electron chi connectivity index (χ0n) is 14.4. The quantitative estimate of drug-likeness (QED) is 0.293. The van der Waals surface area contributed by atoms with Crippen LogP contribution in [0.25, 0.3) is 10.8 Å². The molecule has 3 aromatic rings. The van der Waals surface area contributed by atoms with Crippen LogP contribution in [0.4, 0.5) is 0 Å². The van der Waals surface area contributed by atoms with Gasteiger partial charge in [-0.3, -0.25) is 10.2 Å². The highest BCUT2D eigenvalue weighted by Crippen LogP contribution is 2.42. The van der Waals surface area contributed by atoms with Crippen LogP contribution in [0.5, 0.6) is 17.2 Å². The van der Waals surface area contributed by atoms with Crippen LogP contribution in [0, 0.1) is 0 Å². The molecule has 0 radical (unpaired) electrons. The predicted molar refractivity (Wildman–Crippen MR) is 98.4 cm³/mol. The molecule has 1 aliphatic heterocycles. The lowest BCUT2D eigenvalue weighted by Crippen LogP contribution is -2.31. The number of benzene rings is 3. The van der Waals surface area contributed by atoms with Crippen molar-refractivity contribution in [1.82, 2.24) is 5.43 Å². The Morgan fingerprint density at radius 1 is 1.11 bits per heavy atom. The number of carboxylic acids is 1. The lowest BCUT2D eigenvalue weighted by molar-refractivity contribution is 0.0693. The Balaban J connectivity index is 1.93. The molecule has 1 aliphatic rings. The second kappa shape index (κ2) is 6.30. The van der Waals surface area contributed by atoms with E-state index < -0.39 is 11.9 Å². The minimum Gasteiger partial charge on any atom is -0.497 e. The van der Waals surface area contributed by atoms with Crippen LogP contribution < -0.4 is 20.7 Å². The molecule has 1 heterocycles. The molecule has 0 aromatic heterocycles. The molecular formula is C20H16N2O5. The zero-order valence-corrected chi connectivity index (χ0v) is 14.4. The number of hydrogen-bond donors (Lipinski definition) is 3. The Kier molecular flexibility index (Phi) is 3.93. The molecule has 0 fully saturated rings. The number of carbonyl (C=O) groups is 2. The van der Waals surface area contributed by atoms with Crippen LogP contribution in [0.15, 0.2) is 42.5 Å². The van der Waals surface area contributed by atoms with E-state index in [-0.39, 0.29) is 11.1 Å². The molecule has 3 aromatic carbocycles. The molecule has 0 saturated carbocycles. The Labute approximate surface area is 154 Å². The summed E-state index contributed by atoms with van der Waals surface area (Å²) in [5.74, 6) is 5.45. The van der Waals surface area contributed by atoms with Gasteiger partial charge in [-0.25, -0.2) is 10.6 Å². The van der Waals surface area contributed by atoms with Gasteiger partial charge >= 0.3 is 5.97 Å². The van der Waals surface area contributed by atoms with Crippen molar-refractivity contribution in [1.29, 1.82) is 0 Å². The number of nitrogen functional groups attached to an aromatic ring is 1. The summed E-state index contributed by atoms with van der Waals surface area (Å²) in [7, 11) is 1.60. The molecule has 136 valence electrons. The van der Waals surface area contributed by atoms with Crippen LogP contribution in [0.3, 0.4) is 0 Å². The van der Waals surface area contributed by atoms with E-state index in [1.165, 1.54) is 6.07 Å². The lowest BCUT2D eigenvalue weighted by Gasteiger charge is -2.23. The molecule has 0 aliphatic carbocycles. The van der Waals surface area contributed by atoms with Gasteiger partial charge < -0.3 is 14.6 Å². The first-order chi connectivity index (χ1) is 13.0. The molecule has 7 heteroatoms. The minimum absolute atomic E-state index is 0.0104. The van der Waals surface area contributed by atoms with Crippen LogP contribution in [-0.2, 0) is 6.42 Å². The van der Waals surface area contributed by atoms with Gasteiger partial charge in [0.2, 0.25) is 0 Å². The molecule has 0 atom stereocenters. The number of carbonyl (C=O) groups excluding carboxylic acids is 1. The number of hydrazine groups is 1. The van der Waals surface area contributed by atoms with Gasteiger partial charge in [0.05, 0.1) is 18.2 Å². The van der Waals surface area contributed by atoms with Crippen molar-refractivity contribution in [3.05, 3.63) is 64.7 Å². The van der Waals surface area contributed by atoms with Crippen molar-refractivity contribution in [2.45, 2.75) is 6.42 Å². The molecule has 1 amide bonds. The van der Waals surface area contributed by atoms with E-state index in [1.54, 1.807) is 25.3 Å². The van der Waals surface area contributed by atoms with Crippen molar-refractivity contribution in [3.8, 4) is 17.2 Å². The Hall–Kier alpha value is -3.58. The number of rotatable bonds is 3. The van der Waals surface area contributed by atoms with Crippen LogP contribution in [-0.4, -0.2) is 24.1 Å². The Bertz CT molecular complexity index is 1110. The summed E-state index contributed by atoms with van der Waals surface area (Å²) in [6.45, 7) is 0. The molecule has 0 spiro atoms. The molecule has 4 rings (SSSR count). The normalized spacial score (nSPS) is 11.9. The monoisotopic (exact) mass is 364 g/mol. The predicted octanol–water partition coefficient (Wildman–Crippen LogP) is 2.85. The van der Waals surface area contributed by atoms with Gasteiger partial charge in [0.25, 0.3) is 5.91 Å². The number of amides is 1. The zero-order chi connectivity index (χ0) is 19.1. The fourth-order valence-corrected chi connectivity index (χ4v) is 3.45. The number of nitrogens with two attached hydrogens (primary N) is 1. The Morgan fingerprint density at radius 3 is 2.56 bits per heavy atom. The van der Waals surface area contributed by atoms with Crippen LogP contribution in [0.1, 0.15) is 31.8 Å². The van der Waals surface area contributed by atoms with Gasteiger partial charge in [0.1, 0.15) is 17.2 Å². The molecule has 7 nitrogen and oxygen atoms in total. The van der Waals surface area contributed by atoms with Crippen molar-refractivity contribution >= 4 is 22.6 Å². The van der Waals surface area contributed by atoms with Crippen LogP contribution >= 0.6 is 0 Å². The van der Waals surface area contributed by atoms with Gasteiger partial charge in [0, 0.05) is 17.5 Å². The van der Waals surface area contributed by atoms with E-state index in [9.17, 15) is 14.7 Å². The molecule has 4 N–H and O–H groups in total. The molecule has 0 unspecified atom stereocenters. The maximum absolute atomic E-state index is 12.0. The first kappa shape index (κ1) is 16.9. The summed E-state index contributed by atoms with van der Waals surface area (Å²) >= 11 is 0. The standard InChI is InChI=1S/C20H16N2O5/c1-26-11-2-6-16-10(8-11)9-15-12-3-4-14(19(23)22-21)18(20(24)25)13(12)5-7-17(15)27-16/h2-8H,9,21H2,1H3,(H,22,23)(H,24,25). The van der Waals surface area contributed by atoms with Gasteiger partial charge in [-0.2, -0.15) is 0 Å². The summed E-state index contributed by atoms with van der Waals surface area (Å²) < 4.78 is 11.3. The third kappa shape index (κ3) is 2.65. The molecule has 27 heavy (non-hydrogen) atoms. The lowest BCUT2D eigenvalue weighted by atomic mass is 9.91. The van der Waals surface area contributed by atoms with E-state index in [2.05, 4.69) is 0 Å². The minimum atomic E-state index is -1.20. The highest BCUT2D eigenvalue weighted by atomic mass is 16.5. The van der Waals surface area contributed by atoms with E-state index in [0.29, 0.717) is 28.7 Å². The first-order valence-corrected chi connectivity index (χ1v) is 8.21. The second-order valence-electron chi connectivity index (χ2n) is 6.16. The average Bonchev–Trinajstić information content (AvgIpc) is 2.69. The van der Waals surface area contributed by atoms with Crippen molar-refractivity contribution in [3.63, 3.8) is 0 Å². The number of methoxy groups -OCH3 is 1. The SMILES string of the molecule is COc1ccc2c(c1)Cc1c(ccc3c(C(=O)O)c(C(=O)NN)ccc13)O2. The summed E-state index contributed by atoms with van der Waals surface area (Å²) in [5, 5.41) is 10.8. The first-order valence-electron chi connectivity index (χ1n) is 8.21. The van der Waals surface area contributed by atoms with Gasteiger partial charge in [-0.15, -0.1) is 0 Å². The fraction of sp³-hybridized carbons (Fsp3) is 0.100. The number of nitrogens with one attached hydrogen (secondary N) is 1. The Morgan fingerprint density at radius 2 is 1.85 bits per heavy atom. The maximum Gasteiger partial charge on any atom is 0.337 e. The van der Waals surface area contributed by atoms with Crippen molar-refractivity contribution in [2.24, 2.45) is 5.84 Å². The number of aromatic carboxylic acids is 1. The summed E-state index contributed by atoms with van der Waals surface area (Å²) in [6, 6.07) is 12.1. The summed E-state index contributed by atoms with van der Waals surface area (Å²) in [6.07, 6.45) is 0.556. The van der Waals surface area contributed by atoms with Crippen molar-refractivity contribution in [2.75, 3.05) is 7.11 Å². The smallest absolute Gasteiger partial charge is 0.337 e. The molecular weight excluding hydrogens is 348 g/mol. The number of fused-ring (bicyclic) bond motifs is 4. The van der Waals surface area contributed by atoms with E-state index in [1.807, 2.05) is 23.6 Å². The van der Waals surface area contributed by atoms with E-state index >= 15 is 0 Å². The fourth-order valence-electron chi connectivity index (χ4n) is 3.45. The van der Waals surface area contributed by atoms with Crippen molar-refractivity contribution < 1.29 is 24.2 Å². The average molecular weight is 364 g/mol. The topological polar surface area (TPSA) is 111 Å². The second-order valence-corrected chi connectivity index (χ2v) is 6.16. The number of hydrogen-bond acceptors (Lipinski definition) is 5. The summed E-state index contributed by atoms with van der Waals surface area (Å²) in [4.78, 5) is 23.8. The molecule has 0 bridgehead atoms. The maximum atomic E-state index is 12.0. The molecule has 0 saturated heterocycles. The van der Waals surface area contributed by atoms with Gasteiger partial charge in [0.15, 0.2) is 0 Å². The highest BCUT2D eigenvalue weighted by Gasteiger charge is 2.24. The van der Waals surface area contributed by atoms with E-state index in [0.717, 1.165) is 16.9 Å². The number of ether oxygens (including phenoxy) is 2. The third-order valence-corrected chi connectivity index (χ3v) is 4.71. The van der Waals surface area contributed by atoms with Gasteiger partial charge in [-0.05, 0) is 47.2 Å². The number of carboxylic acid groups (broad SMARTS) is 1. The highest BCUT2D eigenvalue weighted by molar-refractivity contribution is 6.14. The van der Waals surface area contributed by atoms with Gasteiger partial charge in [-0.1, -0.05) is 6.07 Å². The van der Waals surface area contributed by atoms with Crippen LogP contribution in [0.2, 0.25) is 0 Å².